The van der Waals surface area contributed by atoms with Crippen molar-refractivity contribution >= 4 is 27.1 Å². The second-order valence-corrected chi connectivity index (χ2v) is 19.2. The number of allylic oxidation sites excluding steroid dienone is 9. The molecule has 10 rings (SSSR count). The van der Waals surface area contributed by atoms with Crippen molar-refractivity contribution in [2.24, 2.45) is 5.92 Å². The largest absolute Gasteiger partial charge is 0.0987 e. The summed E-state index contributed by atoms with van der Waals surface area (Å²) < 4.78 is 0. The predicted molar refractivity (Wildman–Crippen MR) is 240 cm³/mol. The summed E-state index contributed by atoms with van der Waals surface area (Å²) in [6, 6.07) is 28.9. The van der Waals surface area contributed by atoms with Gasteiger partial charge in [0.05, 0.1) is 0 Å². The summed E-state index contributed by atoms with van der Waals surface area (Å²) in [6.07, 6.45) is 9.42. The van der Waals surface area contributed by atoms with E-state index in [1.165, 1.54) is 71.8 Å². The quantitative estimate of drug-likeness (QED) is 0.162. The maximum absolute atomic E-state index is 4.19. The predicted octanol–water partition coefficient (Wildman–Crippen LogP) is 14.9. The van der Waals surface area contributed by atoms with Crippen LogP contribution in [0.1, 0.15) is 125 Å². The normalized spacial score (nSPS) is 22.7. The molecule has 0 nitrogen and oxygen atoms in total. The molecule has 0 fully saturated rings. The molecule has 0 N–H and O–H groups in total. The average Bonchev–Trinajstić information content (AvgIpc) is 3.50. The van der Waals surface area contributed by atoms with E-state index in [2.05, 4.69) is 182 Å². The van der Waals surface area contributed by atoms with Gasteiger partial charge in [-0.2, -0.15) is 0 Å². The lowest BCUT2D eigenvalue weighted by molar-refractivity contribution is 0.333. The summed E-state index contributed by atoms with van der Waals surface area (Å²) in [5.41, 5.74) is 20.9. The van der Waals surface area contributed by atoms with E-state index in [0.717, 1.165) is 0 Å². The van der Waals surface area contributed by atoms with E-state index >= 15 is 0 Å². The molecule has 280 valence electrons. The first kappa shape index (κ1) is 37.3. The molecule has 0 aromatic heterocycles. The minimum Gasteiger partial charge on any atom is -0.0987 e. The zero-order valence-corrected chi connectivity index (χ0v) is 35.7. The van der Waals surface area contributed by atoms with Crippen molar-refractivity contribution in [2.75, 3.05) is 0 Å². The molecule has 0 heteroatoms. The molecule has 0 spiro atoms. The van der Waals surface area contributed by atoms with Gasteiger partial charge in [0.1, 0.15) is 0 Å². The molecular formula is C55H60. The van der Waals surface area contributed by atoms with Gasteiger partial charge in [-0.3, -0.25) is 0 Å². The molecule has 55 heavy (non-hydrogen) atoms. The van der Waals surface area contributed by atoms with Crippen LogP contribution < -0.4 is 0 Å². The van der Waals surface area contributed by atoms with Crippen molar-refractivity contribution in [2.45, 2.75) is 118 Å². The standard InChI is InChI=1S/2C24H26.C7H8/c1-13-10-17-21-18(11-13)24(5,6)19-12-14(2)15-8-7-9-16(23(17,3)4)20(15)22(19)21;1-8-16-21-17(9-2)24(6,7)19-13-14(3)15-11-10-12-18(23(16,4)5)20(15)22(19)21;1-7-5-3-2-4-6-7/h7-12,17,21H,1-6H3;8-13H,1H2,2-7H3;2-6H,1H3/b;17-9+;. The SMILES string of the molecule is C=CC1=C2/C(=C\C)C(C)(C)c3cc(C)c4cccc(c4c32)C1(C)C.CC1=CC2C3C(=C1)C(C)(C)c1cc(C)c4cccc(c4c13)C2(C)C.Cc1ccccc1. The van der Waals surface area contributed by atoms with E-state index in [9.17, 15) is 0 Å². The van der Waals surface area contributed by atoms with Gasteiger partial charge in [0, 0.05) is 22.2 Å². The Morgan fingerprint density at radius 1 is 0.618 bits per heavy atom. The highest BCUT2D eigenvalue weighted by molar-refractivity contribution is 6.10. The molecule has 0 bridgehead atoms. The molecule has 0 saturated carbocycles. The van der Waals surface area contributed by atoms with Crippen LogP contribution in [0.25, 0.3) is 27.1 Å². The van der Waals surface area contributed by atoms with Crippen LogP contribution in [0.3, 0.4) is 0 Å². The minimum atomic E-state index is -0.0245. The molecule has 0 saturated heterocycles. The smallest absolute Gasteiger partial charge is 0.0158 e. The van der Waals surface area contributed by atoms with Gasteiger partial charge in [0.25, 0.3) is 0 Å². The topological polar surface area (TPSA) is 0 Å². The van der Waals surface area contributed by atoms with E-state index in [-0.39, 0.29) is 21.7 Å². The van der Waals surface area contributed by atoms with Crippen LogP contribution in [-0.4, -0.2) is 0 Å². The number of hydrogen-bond donors (Lipinski definition) is 0. The van der Waals surface area contributed by atoms with E-state index < -0.39 is 0 Å². The van der Waals surface area contributed by atoms with Crippen molar-refractivity contribution in [1.29, 1.82) is 0 Å². The van der Waals surface area contributed by atoms with E-state index in [1.54, 1.807) is 27.6 Å². The van der Waals surface area contributed by atoms with E-state index in [4.69, 9.17) is 0 Å². The number of hydrogen-bond acceptors (Lipinski definition) is 0. The lowest BCUT2D eigenvalue weighted by Crippen LogP contribution is -2.37. The number of benzene rings is 5. The Bertz CT molecular complexity index is 2580. The second kappa shape index (κ2) is 12.4. The molecule has 0 aliphatic heterocycles. The van der Waals surface area contributed by atoms with Crippen LogP contribution in [0.15, 0.2) is 132 Å². The Morgan fingerprint density at radius 2 is 1.22 bits per heavy atom. The first-order valence-corrected chi connectivity index (χ1v) is 20.5. The van der Waals surface area contributed by atoms with Gasteiger partial charge in [0.15, 0.2) is 0 Å². The number of aryl methyl sites for hydroxylation is 3. The van der Waals surface area contributed by atoms with Crippen LogP contribution in [0, 0.1) is 26.7 Å². The fourth-order valence-electron chi connectivity index (χ4n) is 11.5. The van der Waals surface area contributed by atoms with E-state index in [1.807, 2.05) is 18.2 Å². The van der Waals surface area contributed by atoms with Crippen LogP contribution in [0.5, 0.6) is 0 Å². The van der Waals surface area contributed by atoms with Gasteiger partial charge in [-0.15, -0.1) is 0 Å². The molecule has 0 heterocycles. The third-order valence-electron chi connectivity index (χ3n) is 14.4. The van der Waals surface area contributed by atoms with Crippen molar-refractivity contribution < 1.29 is 0 Å². The highest BCUT2D eigenvalue weighted by Gasteiger charge is 2.53. The van der Waals surface area contributed by atoms with Crippen molar-refractivity contribution in [1.82, 2.24) is 0 Å². The molecule has 5 aliphatic rings. The lowest BCUT2D eigenvalue weighted by Gasteiger charge is -2.45. The highest BCUT2D eigenvalue weighted by atomic mass is 14.6. The monoisotopic (exact) mass is 720 g/mol. The summed E-state index contributed by atoms with van der Waals surface area (Å²) >= 11 is 0. The van der Waals surface area contributed by atoms with Crippen molar-refractivity contribution in [3.05, 3.63) is 182 Å². The zero-order valence-electron chi connectivity index (χ0n) is 35.7. The fraction of sp³-hybridized carbons (Fsp3) is 0.345. The molecule has 0 amide bonds. The van der Waals surface area contributed by atoms with Gasteiger partial charge in [-0.25, -0.2) is 0 Å². The zero-order chi connectivity index (χ0) is 39.6. The Hall–Kier alpha value is -4.68. The summed E-state index contributed by atoms with van der Waals surface area (Å²) in [5, 5.41) is 5.88. The molecular weight excluding hydrogens is 661 g/mol. The summed E-state index contributed by atoms with van der Waals surface area (Å²) in [6.45, 7) is 34.4. The van der Waals surface area contributed by atoms with Gasteiger partial charge in [-0.1, -0.05) is 182 Å². The summed E-state index contributed by atoms with van der Waals surface area (Å²) in [5.74, 6) is 1.13. The van der Waals surface area contributed by atoms with Crippen LogP contribution in [0.2, 0.25) is 0 Å². The Morgan fingerprint density at radius 3 is 1.80 bits per heavy atom. The average molecular weight is 721 g/mol. The summed E-state index contributed by atoms with van der Waals surface area (Å²) in [4.78, 5) is 0. The maximum Gasteiger partial charge on any atom is 0.0158 e. The number of rotatable bonds is 1. The minimum absolute atomic E-state index is 0.0245. The maximum atomic E-state index is 4.19. The lowest BCUT2D eigenvalue weighted by atomic mass is 9.58. The summed E-state index contributed by atoms with van der Waals surface area (Å²) in [7, 11) is 0. The first-order chi connectivity index (χ1) is 25.9. The van der Waals surface area contributed by atoms with Gasteiger partial charge in [0.2, 0.25) is 0 Å². The van der Waals surface area contributed by atoms with Crippen LogP contribution in [0.4, 0.5) is 0 Å². The first-order valence-electron chi connectivity index (χ1n) is 20.5. The molecule has 0 radical (unpaired) electrons. The second-order valence-electron chi connectivity index (χ2n) is 19.2. The van der Waals surface area contributed by atoms with Crippen molar-refractivity contribution in [3.63, 3.8) is 0 Å². The fourth-order valence-corrected chi connectivity index (χ4v) is 11.5. The molecule has 2 unspecified atom stereocenters. The third kappa shape index (κ3) is 5.09. The highest BCUT2D eigenvalue weighted by Crippen LogP contribution is 2.64. The Labute approximate surface area is 331 Å². The van der Waals surface area contributed by atoms with Crippen LogP contribution >= 0.6 is 0 Å². The third-order valence-corrected chi connectivity index (χ3v) is 14.4. The Balaban J connectivity index is 0.000000132. The van der Waals surface area contributed by atoms with Crippen molar-refractivity contribution in [3.8, 4) is 0 Å². The molecule has 5 aromatic rings. The Kier molecular flexibility index (Phi) is 8.41. The van der Waals surface area contributed by atoms with Gasteiger partial charge < -0.3 is 0 Å². The van der Waals surface area contributed by atoms with Crippen LogP contribution in [-0.2, 0) is 21.7 Å². The van der Waals surface area contributed by atoms with Gasteiger partial charge in [-0.05, 0) is 129 Å². The van der Waals surface area contributed by atoms with E-state index in [0.29, 0.717) is 11.8 Å². The molecule has 2 atom stereocenters. The van der Waals surface area contributed by atoms with Gasteiger partial charge >= 0.3 is 0 Å². The molecule has 5 aromatic carbocycles. The molecule has 5 aliphatic carbocycles.